The van der Waals surface area contributed by atoms with Gasteiger partial charge in [-0.3, -0.25) is 9.69 Å². The molecule has 27 heavy (non-hydrogen) atoms. The van der Waals surface area contributed by atoms with Crippen LogP contribution in [0.15, 0.2) is 20.6 Å². The molecule has 3 aliphatic heterocycles. The fourth-order valence-corrected chi connectivity index (χ4v) is 6.65. The summed E-state index contributed by atoms with van der Waals surface area (Å²) >= 11 is 4.49. The van der Waals surface area contributed by atoms with Gasteiger partial charge in [0.15, 0.2) is 16.3 Å². The lowest BCUT2D eigenvalue weighted by Gasteiger charge is -2.47. The van der Waals surface area contributed by atoms with Crippen molar-refractivity contribution < 1.29 is 14.7 Å². The minimum atomic E-state index is -1.07. The Morgan fingerprint density at radius 2 is 2.19 bits per heavy atom. The van der Waals surface area contributed by atoms with E-state index in [0.29, 0.717) is 29.5 Å². The maximum Gasteiger partial charge on any atom is 0.352 e. The zero-order chi connectivity index (χ0) is 18.7. The molecule has 1 aliphatic carbocycles. The topological polar surface area (TPSA) is 120 Å². The Hall–Kier alpha value is -1.79. The molecule has 9 nitrogen and oxygen atoms in total. The molecule has 1 amide bonds. The summed E-state index contributed by atoms with van der Waals surface area (Å²) in [6.07, 6.45) is 1.09. The van der Waals surface area contributed by atoms with Crippen LogP contribution < -0.4 is 10.6 Å². The molecule has 0 radical (unpaired) electrons. The number of β-lactam (4-membered cyclic amide) rings is 1. The molecule has 142 valence electrons. The Morgan fingerprint density at radius 3 is 2.85 bits per heavy atom. The van der Waals surface area contributed by atoms with Crippen molar-refractivity contribution in [1.82, 2.24) is 25.7 Å². The number of carbonyl (C=O) groups excluding carboxylic acids is 1. The molecule has 4 atom stereocenters. The van der Waals surface area contributed by atoms with Crippen LogP contribution in [0.4, 0.5) is 0 Å². The zero-order valence-electron chi connectivity index (χ0n) is 14.2. The highest BCUT2D eigenvalue weighted by Gasteiger charge is 2.54. The summed E-state index contributed by atoms with van der Waals surface area (Å²) in [5.41, 5.74) is 0.837. The summed E-state index contributed by atoms with van der Waals surface area (Å²) < 4.78 is 0.799. The number of amides is 1. The van der Waals surface area contributed by atoms with E-state index in [1.165, 1.54) is 28.0 Å². The number of thioether (sulfide) groups is 2. The third kappa shape index (κ3) is 2.99. The largest absolute Gasteiger partial charge is 0.477 e. The standard InChI is InChI=1S/C15H16N6O3S3/c1-5-19-20-15(27-5)26-4-6-3-25-12-9(11(22)21(12)10(6)13(23)24)18-14-16-7-2-8(7)17-14/h7-9,12H,2-4H2,1H3,(H,23,24)(H2,16,17,18)/t7?,8?,9?,12-/m1/s1. The van der Waals surface area contributed by atoms with Crippen molar-refractivity contribution in [3.8, 4) is 0 Å². The van der Waals surface area contributed by atoms with Gasteiger partial charge in [0.1, 0.15) is 16.1 Å². The lowest BCUT2D eigenvalue weighted by atomic mass is 10.0. The monoisotopic (exact) mass is 424 g/mol. The Morgan fingerprint density at radius 1 is 1.41 bits per heavy atom. The maximum absolute atomic E-state index is 12.6. The van der Waals surface area contributed by atoms with Crippen LogP contribution in [0.2, 0.25) is 0 Å². The van der Waals surface area contributed by atoms with Crippen LogP contribution in [0.5, 0.6) is 0 Å². The molecule has 4 heterocycles. The fourth-order valence-electron chi connectivity index (χ4n) is 3.37. The number of carboxylic acid groups (broad SMARTS) is 1. The van der Waals surface area contributed by atoms with E-state index in [9.17, 15) is 14.7 Å². The number of hydrogen-bond acceptors (Lipinski definition) is 8. The van der Waals surface area contributed by atoms with Gasteiger partial charge >= 0.3 is 5.97 Å². The van der Waals surface area contributed by atoms with E-state index in [2.05, 4.69) is 25.8 Å². The van der Waals surface area contributed by atoms with Crippen LogP contribution in [0.3, 0.4) is 0 Å². The molecule has 1 saturated carbocycles. The Kier molecular flexibility index (Phi) is 4.09. The van der Waals surface area contributed by atoms with Gasteiger partial charge in [0.2, 0.25) is 0 Å². The number of nitrogens with one attached hydrogen (secondary N) is 2. The van der Waals surface area contributed by atoms with E-state index in [0.717, 1.165) is 21.3 Å². The zero-order valence-corrected chi connectivity index (χ0v) is 16.7. The normalized spacial score (nSPS) is 30.9. The minimum Gasteiger partial charge on any atom is -0.477 e. The van der Waals surface area contributed by atoms with Gasteiger partial charge in [0.25, 0.3) is 5.91 Å². The highest BCUT2D eigenvalue weighted by Crippen LogP contribution is 2.43. The van der Waals surface area contributed by atoms with Crippen molar-refractivity contribution >= 4 is 52.7 Å². The predicted octanol–water partition coefficient (Wildman–Crippen LogP) is 0.251. The first-order valence-corrected chi connectivity index (χ1v) is 11.3. The molecule has 3 fully saturated rings. The van der Waals surface area contributed by atoms with Gasteiger partial charge in [-0.1, -0.05) is 23.1 Å². The molecule has 2 saturated heterocycles. The molecule has 0 aromatic carbocycles. The summed E-state index contributed by atoms with van der Waals surface area (Å²) in [5, 5.41) is 24.8. The van der Waals surface area contributed by atoms with Gasteiger partial charge in [-0.25, -0.2) is 9.79 Å². The quantitative estimate of drug-likeness (QED) is 0.451. The average molecular weight is 425 g/mol. The molecular formula is C15H16N6O3S3. The number of hydrogen-bond donors (Lipinski definition) is 3. The first-order valence-electron chi connectivity index (χ1n) is 8.45. The van der Waals surface area contributed by atoms with E-state index in [1.807, 2.05) is 6.92 Å². The van der Waals surface area contributed by atoms with Gasteiger partial charge < -0.3 is 15.7 Å². The highest BCUT2D eigenvalue weighted by atomic mass is 32.2. The highest BCUT2D eigenvalue weighted by molar-refractivity contribution is 8.01. The van der Waals surface area contributed by atoms with Gasteiger partial charge in [-0.05, 0) is 18.9 Å². The van der Waals surface area contributed by atoms with Gasteiger partial charge in [0.05, 0.1) is 12.1 Å². The summed E-state index contributed by atoms with van der Waals surface area (Å²) in [7, 11) is 0. The number of aliphatic imine (C=N–C) groups is 1. The minimum absolute atomic E-state index is 0.101. The van der Waals surface area contributed by atoms with Crippen LogP contribution in [-0.4, -0.2) is 73.0 Å². The SMILES string of the molecule is Cc1nnc(SCC2=C(C(=O)O)N3C(=O)C(N=C4NC5CC5N4)[C@H]3SC2)s1. The van der Waals surface area contributed by atoms with Crippen molar-refractivity contribution in [2.75, 3.05) is 11.5 Å². The smallest absolute Gasteiger partial charge is 0.352 e. The van der Waals surface area contributed by atoms with Gasteiger partial charge in [0, 0.05) is 11.5 Å². The van der Waals surface area contributed by atoms with E-state index in [1.54, 1.807) is 11.8 Å². The summed E-state index contributed by atoms with van der Waals surface area (Å²) in [6.45, 7) is 1.88. The number of carboxylic acids is 1. The van der Waals surface area contributed by atoms with E-state index >= 15 is 0 Å². The number of rotatable bonds is 5. The van der Waals surface area contributed by atoms with Crippen molar-refractivity contribution in [2.24, 2.45) is 4.99 Å². The van der Waals surface area contributed by atoms with E-state index in [4.69, 9.17) is 0 Å². The molecular weight excluding hydrogens is 408 g/mol. The molecule has 3 N–H and O–H groups in total. The molecule has 12 heteroatoms. The number of nitrogens with zero attached hydrogens (tertiary/aromatic N) is 4. The number of aryl methyl sites for hydroxylation is 1. The summed E-state index contributed by atoms with van der Waals surface area (Å²) in [4.78, 5) is 30.4. The molecule has 1 aromatic rings. The summed E-state index contributed by atoms with van der Waals surface area (Å²) in [6, 6.07) is 0.323. The van der Waals surface area contributed by atoms with Crippen molar-refractivity contribution in [1.29, 1.82) is 0 Å². The second-order valence-electron chi connectivity index (χ2n) is 6.70. The number of aromatic nitrogens is 2. The molecule has 0 bridgehead atoms. The second-order valence-corrected chi connectivity index (χ2v) is 10.2. The Bertz CT molecular complexity index is 887. The Labute approximate surface area is 167 Å². The molecule has 5 rings (SSSR count). The first-order chi connectivity index (χ1) is 13.0. The maximum atomic E-state index is 12.6. The van der Waals surface area contributed by atoms with Crippen molar-refractivity contribution in [3.63, 3.8) is 0 Å². The fraction of sp³-hybridized carbons (Fsp3) is 0.533. The second kappa shape index (κ2) is 6.38. The lowest BCUT2D eigenvalue weighted by molar-refractivity contribution is -0.147. The van der Waals surface area contributed by atoms with E-state index < -0.39 is 12.0 Å². The number of guanidine groups is 1. The van der Waals surface area contributed by atoms with Crippen LogP contribution >= 0.6 is 34.9 Å². The Balaban J connectivity index is 1.33. The van der Waals surface area contributed by atoms with Gasteiger partial charge in [-0.15, -0.1) is 22.0 Å². The third-order valence-corrected chi connectivity index (χ3v) is 8.19. The molecule has 4 aliphatic rings. The predicted molar refractivity (Wildman–Crippen MR) is 103 cm³/mol. The van der Waals surface area contributed by atoms with Crippen molar-refractivity contribution in [3.05, 3.63) is 16.3 Å². The number of fused-ring (bicyclic) bond motifs is 2. The third-order valence-electron chi connectivity index (χ3n) is 4.80. The molecule has 1 aromatic heterocycles. The van der Waals surface area contributed by atoms with Crippen molar-refractivity contribution in [2.45, 2.75) is 41.2 Å². The van der Waals surface area contributed by atoms with Crippen LogP contribution in [0, 0.1) is 6.92 Å². The van der Waals surface area contributed by atoms with Crippen LogP contribution in [0.25, 0.3) is 0 Å². The average Bonchev–Trinajstić information content (AvgIpc) is 3.04. The summed E-state index contributed by atoms with van der Waals surface area (Å²) in [5.74, 6) is 0.376. The lowest BCUT2D eigenvalue weighted by Crippen LogP contribution is -2.64. The molecule has 0 spiro atoms. The van der Waals surface area contributed by atoms with Crippen LogP contribution in [-0.2, 0) is 9.59 Å². The first kappa shape index (κ1) is 17.3. The number of carbonyl (C=O) groups is 2. The van der Waals surface area contributed by atoms with Gasteiger partial charge in [-0.2, -0.15) is 0 Å². The number of aliphatic carboxylic acids is 1. The van der Waals surface area contributed by atoms with E-state index in [-0.39, 0.29) is 17.0 Å². The molecule has 3 unspecified atom stereocenters. The van der Waals surface area contributed by atoms with Crippen LogP contribution in [0.1, 0.15) is 11.4 Å².